The number of hydrogen-bond donors (Lipinski definition) is 1. The molecule has 34 heavy (non-hydrogen) atoms. The lowest BCUT2D eigenvalue weighted by Crippen LogP contribution is -2.47. The van der Waals surface area contributed by atoms with Gasteiger partial charge in [-0.15, -0.1) is 5.10 Å². The van der Waals surface area contributed by atoms with Crippen LogP contribution in [0.5, 0.6) is 0 Å². The summed E-state index contributed by atoms with van der Waals surface area (Å²) in [6, 6.07) is 5.31. The van der Waals surface area contributed by atoms with Crippen LogP contribution in [0.3, 0.4) is 0 Å². The van der Waals surface area contributed by atoms with Crippen LogP contribution in [0.15, 0.2) is 48.3 Å². The third-order valence-corrected chi connectivity index (χ3v) is 6.76. The van der Waals surface area contributed by atoms with Crippen molar-refractivity contribution in [2.45, 2.75) is 57.7 Å². The minimum absolute atomic E-state index is 0.118. The van der Waals surface area contributed by atoms with Gasteiger partial charge in [-0.05, 0) is 80.2 Å². The van der Waals surface area contributed by atoms with Gasteiger partial charge in [0.15, 0.2) is 0 Å². The van der Waals surface area contributed by atoms with Gasteiger partial charge in [0, 0.05) is 36.4 Å². The number of aromatic nitrogens is 4. The molecule has 1 aromatic heterocycles. The molecule has 1 aliphatic heterocycles. The molecule has 2 aliphatic rings. The largest absolute Gasteiger partial charge is 0.416 e. The summed E-state index contributed by atoms with van der Waals surface area (Å²) >= 11 is 0. The predicted molar refractivity (Wildman–Crippen MR) is 122 cm³/mol. The fraction of sp³-hybridized carbons (Fsp3) is 0.500. The van der Waals surface area contributed by atoms with E-state index in [0.29, 0.717) is 25.2 Å². The van der Waals surface area contributed by atoms with Crippen molar-refractivity contribution in [1.29, 1.82) is 0 Å². The highest BCUT2D eigenvalue weighted by Gasteiger charge is 2.35. The van der Waals surface area contributed by atoms with Crippen molar-refractivity contribution in [3.05, 3.63) is 53.9 Å². The van der Waals surface area contributed by atoms with E-state index in [1.807, 2.05) is 30.9 Å². The van der Waals surface area contributed by atoms with Crippen LogP contribution in [0.1, 0.15) is 51.5 Å². The molecule has 2 heterocycles. The quantitative estimate of drug-likeness (QED) is 0.653. The first kappa shape index (κ1) is 24.0. The highest BCUT2D eigenvalue weighted by Crippen LogP contribution is 2.35. The topological polar surface area (TPSA) is 75.9 Å². The summed E-state index contributed by atoms with van der Waals surface area (Å²) in [5.41, 5.74) is 1.48. The number of halogens is 3. The first-order valence-corrected chi connectivity index (χ1v) is 11.5. The molecule has 1 saturated heterocycles. The van der Waals surface area contributed by atoms with Crippen molar-refractivity contribution in [2.24, 2.45) is 5.92 Å². The van der Waals surface area contributed by atoms with E-state index in [9.17, 15) is 18.0 Å². The first-order valence-electron chi connectivity index (χ1n) is 11.5. The number of tetrazole rings is 1. The van der Waals surface area contributed by atoms with Crippen LogP contribution in [-0.2, 0) is 11.0 Å². The number of allylic oxidation sites excluding steroid dienone is 3. The van der Waals surface area contributed by atoms with Crippen LogP contribution in [0.2, 0.25) is 0 Å². The van der Waals surface area contributed by atoms with Gasteiger partial charge >= 0.3 is 6.18 Å². The Morgan fingerprint density at radius 1 is 1.15 bits per heavy atom. The van der Waals surface area contributed by atoms with Crippen molar-refractivity contribution >= 4 is 17.3 Å². The molecule has 0 spiro atoms. The normalized spacial score (nSPS) is 17.9. The summed E-state index contributed by atoms with van der Waals surface area (Å²) in [6.07, 6.45) is 4.69. The highest BCUT2D eigenvalue weighted by atomic mass is 19.4. The van der Waals surface area contributed by atoms with Crippen LogP contribution in [0.4, 0.5) is 18.9 Å². The lowest BCUT2D eigenvalue weighted by Gasteiger charge is -2.42. The van der Waals surface area contributed by atoms with Gasteiger partial charge in [-0.1, -0.05) is 17.7 Å². The Labute approximate surface area is 196 Å². The number of anilines is 1. The van der Waals surface area contributed by atoms with E-state index in [-0.39, 0.29) is 11.8 Å². The van der Waals surface area contributed by atoms with Crippen molar-refractivity contribution < 1.29 is 18.0 Å². The fourth-order valence-electron chi connectivity index (χ4n) is 4.70. The second-order valence-corrected chi connectivity index (χ2v) is 9.49. The molecule has 0 atom stereocenters. The van der Waals surface area contributed by atoms with E-state index < -0.39 is 17.3 Å². The van der Waals surface area contributed by atoms with E-state index in [4.69, 9.17) is 0 Å². The fourth-order valence-corrected chi connectivity index (χ4v) is 4.70. The van der Waals surface area contributed by atoms with Gasteiger partial charge in [0.25, 0.3) is 0 Å². The summed E-state index contributed by atoms with van der Waals surface area (Å²) in [5.74, 6) is 0.356. The molecule has 0 unspecified atom stereocenters. The molecule has 182 valence electrons. The summed E-state index contributed by atoms with van der Waals surface area (Å²) < 4.78 is 40.8. The van der Waals surface area contributed by atoms with E-state index in [2.05, 4.69) is 20.8 Å². The van der Waals surface area contributed by atoms with E-state index in [1.165, 1.54) is 6.07 Å². The Morgan fingerprint density at radius 3 is 2.53 bits per heavy atom. The molecule has 1 aliphatic carbocycles. The Balaban J connectivity index is 1.30. The van der Waals surface area contributed by atoms with Crippen molar-refractivity contribution in [3.8, 4) is 0 Å². The molecule has 1 amide bonds. The standard InChI is InChI=1S/C24H29F3N6O/c1-23(2,29-20-5-3-4-19(15-20)24(25,26)27)18-10-12-32(13-11-18)22(34)14-17-6-8-21(9-7-17)33-16-28-30-31-33/h3-6,8,15-16,18,29H,7,9-14H2,1-2H3. The molecule has 0 radical (unpaired) electrons. The Morgan fingerprint density at radius 2 is 1.91 bits per heavy atom. The van der Waals surface area contributed by atoms with Crippen molar-refractivity contribution in [2.75, 3.05) is 18.4 Å². The van der Waals surface area contributed by atoms with Gasteiger partial charge in [-0.3, -0.25) is 4.79 Å². The van der Waals surface area contributed by atoms with Crippen molar-refractivity contribution in [1.82, 2.24) is 25.1 Å². The third kappa shape index (κ3) is 5.66. The number of alkyl halides is 3. The number of rotatable bonds is 6. The predicted octanol–water partition coefficient (Wildman–Crippen LogP) is 4.77. The molecule has 0 bridgehead atoms. The van der Waals surface area contributed by atoms with Gasteiger partial charge in [-0.2, -0.15) is 13.2 Å². The maximum absolute atomic E-state index is 13.0. The van der Waals surface area contributed by atoms with Crippen LogP contribution >= 0.6 is 0 Å². The summed E-state index contributed by atoms with van der Waals surface area (Å²) in [7, 11) is 0. The van der Waals surface area contributed by atoms with E-state index >= 15 is 0 Å². The Hall–Kier alpha value is -3.17. The first-order chi connectivity index (χ1) is 16.1. The molecule has 10 heteroatoms. The minimum Gasteiger partial charge on any atom is -0.380 e. The van der Waals surface area contributed by atoms with Gasteiger partial charge in [0.2, 0.25) is 5.91 Å². The molecule has 1 fully saturated rings. The summed E-state index contributed by atoms with van der Waals surface area (Å²) in [6.45, 7) is 5.32. The van der Waals surface area contributed by atoms with Crippen LogP contribution in [-0.4, -0.2) is 49.6 Å². The molecule has 7 nitrogen and oxygen atoms in total. The second-order valence-electron chi connectivity index (χ2n) is 9.49. The Bertz CT molecular complexity index is 1070. The van der Waals surface area contributed by atoms with Crippen LogP contribution < -0.4 is 5.32 Å². The number of nitrogens with one attached hydrogen (secondary N) is 1. The number of carbonyl (C=O) groups excluding carboxylic acids is 1. The highest BCUT2D eigenvalue weighted by molar-refractivity contribution is 5.79. The van der Waals surface area contributed by atoms with E-state index in [1.54, 1.807) is 17.1 Å². The number of benzene rings is 1. The van der Waals surface area contributed by atoms with Gasteiger partial charge in [0.05, 0.1) is 5.56 Å². The maximum atomic E-state index is 13.0. The van der Waals surface area contributed by atoms with Gasteiger partial charge < -0.3 is 10.2 Å². The molecular formula is C24H29F3N6O. The number of carbonyl (C=O) groups is 1. The number of nitrogens with zero attached hydrogens (tertiary/aromatic N) is 5. The molecule has 4 rings (SSSR count). The molecule has 0 saturated carbocycles. The number of likely N-dealkylation sites (tertiary alicyclic amines) is 1. The molecule has 2 aromatic rings. The molecule has 1 N–H and O–H groups in total. The SMILES string of the molecule is CC(C)(Nc1cccc(C(F)(F)F)c1)C1CCN(C(=O)CC2=CC=C(n3cnnn3)CC2)CC1. The lowest BCUT2D eigenvalue weighted by atomic mass is 9.80. The monoisotopic (exact) mass is 474 g/mol. The summed E-state index contributed by atoms with van der Waals surface area (Å²) in [5, 5.41) is 14.5. The second kappa shape index (κ2) is 9.60. The maximum Gasteiger partial charge on any atom is 0.416 e. The number of amides is 1. The smallest absolute Gasteiger partial charge is 0.380 e. The lowest BCUT2D eigenvalue weighted by molar-refractivity contribution is -0.137. The number of hydrogen-bond acceptors (Lipinski definition) is 5. The Kier molecular flexibility index (Phi) is 6.77. The average Bonchev–Trinajstić information content (AvgIpc) is 3.34. The molecular weight excluding hydrogens is 445 g/mol. The minimum atomic E-state index is -4.37. The zero-order chi connectivity index (χ0) is 24.3. The average molecular weight is 475 g/mol. The third-order valence-electron chi connectivity index (χ3n) is 6.76. The summed E-state index contributed by atoms with van der Waals surface area (Å²) in [4.78, 5) is 14.8. The molecule has 1 aromatic carbocycles. The van der Waals surface area contributed by atoms with Gasteiger partial charge in [-0.25, -0.2) is 4.68 Å². The zero-order valence-electron chi connectivity index (χ0n) is 19.3. The van der Waals surface area contributed by atoms with Crippen LogP contribution in [0.25, 0.3) is 5.70 Å². The van der Waals surface area contributed by atoms with E-state index in [0.717, 1.165) is 49.1 Å². The van der Waals surface area contributed by atoms with Crippen LogP contribution in [0, 0.1) is 5.92 Å². The van der Waals surface area contributed by atoms with Gasteiger partial charge in [0.1, 0.15) is 6.33 Å². The van der Waals surface area contributed by atoms with Crippen molar-refractivity contribution in [3.63, 3.8) is 0 Å². The number of piperidine rings is 1. The zero-order valence-corrected chi connectivity index (χ0v) is 19.3.